The molecule has 0 spiro atoms. The molecule has 0 bridgehead atoms. The molecule has 1 aliphatic carbocycles. The van der Waals surface area contributed by atoms with Gasteiger partial charge in [-0.2, -0.15) is 0 Å². The van der Waals surface area contributed by atoms with Gasteiger partial charge in [-0.15, -0.1) is 11.3 Å². The van der Waals surface area contributed by atoms with Gasteiger partial charge in [-0.05, 0) is 90.8 Å². The Morgan fingerprint density at radius 1 is 1.14 bits per heavy atom. The van der Waals surface area contributed by atoms with Gasteiger partial charge >= 0.3 is 7.12 Å². The molecule has 4 atom stereocenters. The van der Waals surface area contributed by atoms with Gasteiger partial charge in [0.1, 0.15) is 18.1 Å². The highest BCUT2D eigenvalue weighted by Crippen LogP contribution is 2.51. The van der Waals surface area contributed by atoms with Gasteiger partial charge in [0.2, 0.25) is 11.8 Å². The minimum Gasteiger partial charge on any atom is -0.507 e. The quantitative estimate of drug-likeness (QED) is 0.138. The number of para-hydroxylation sites is 1. The topological polar surface area (TPSA) is 96.3 Å². The molecule has 1 aromatic heterocycles. The van der Waals surface area contributed by atoms with Crippen molar-refractivity contribution in [2.24, 2.45) is 17.8 Å². The molecule has 228 valence electrons. The van der Waals surface area contributed by atoms with Gasteiger partial charge in [-0.25, -0.2) is 0 Å². The highest BCUT2D eigenvalue weighted by Gasteiger charge is 2.57. The van der Waals surface area contributed by atoms with Crippen molar-refractivity contribution in [1.29, 1.82) is 0 Å². The lowest BCUT2D eigenvalue weighted by Crippen LogP contribution is -2.46. The maximum Gasteiger partial charge on any atom is 0.455 e. The number of fused-ring (bicyclic) bond motifs is 3. The summed E-state index contributed by atoms with van der Waals surface area (Å²) in [6.45, 7) is 2.63. The van der Waals surface area contributed by atoms with E-state index in [1.165, 1.54) is 16.2 Å². The molecule has 6 rings (SSSR count). The second-order valence-electron chi connectivity index (χ2n) is 11.7. The third kappa shape index (κ3) is 6.45. The Kier molecular flexibility index (Phi) is 9.42. The second kappa shape index (κ2) is 13.4. The number of hydrogen-bond donors (Lipinski definition) is 2. The smallest absolute Gasteiger partial charge is 0.455 e. The first-order valence-electron chi connectivity index (χ1n) is 15.1. The third-order valence-corrected chi connectivity index (χ3v) is 10.3. The number of phenols is 1. The summed E-state index contributed by atoms with van der Waals surface area (Å²) in [6, 6.07) is 18.8. The van der Waals surface area contributed by atoms with Crippen molar-refractivity contribution >= 4 is 52.3 Å². The van der Waals surface area contributed by atoms with E-state index in [0.717, 1.165) is 43.8 Å². The van der Waals surface area contributed by atoms with Gasteiger partial charge in [0.05, 0.1) is 24.5 Å². The van der Waals surface area contributed by atoms with E-state index in [1.54, 1.807) is 12.1 Å². The van der Waals surface area contributed by atoms with E-state index in [0.29, 0.717) is 19.3 Å². The van der Waals surface area contributed by atoms with Gasteiger partial charge < -0.3 is 19.5 Å². The Morgan fingerprint density at radius 2 is 1.95 bits per heavy atom. The number of halogens is 1. The first-order chi connectivity index (χ1) is 21.3. The standard InChI is InChI=1S/C34H35BBrNO6S/c1-2-21(15-22-16-24(36)11-12-29(22)38)10-13-30-31-23(20-42-25-7-4-3-5-8-25)17-27-32(28(31)18-35(41)43-30)34(40)37(33(27)39)19-26-9-6-14-44-26/h3-9,11-12,14-16,27-28,30,32,38,41H,2,10,13,17-20H2,1H3/b21-15+/t27-,28+,30-,32-/m1/s1. The highest BCUT2D eigenvalue weighted by atomic mass is 79.9. The number of allylic oxidation sites excluding steroid dienone is 1. The van der Waals surface area contributed by atoms with E-state index in [2.05, 4.69) is 22.9 Å². The average Bonchev–Trinajstić information content (AvgIpc) is 3.62. The molecule has 7 nitrogen and oxygen atoms in total. The van der Waals surface area contributed by atoms with Gasteiger partial charge in [0.15, 0.2) is 0 Å². The van der Waals surface area contributed by atoms with Gasteiger partial charge in [0.25, 0.3) is 0 Å². The van der Waals surface area contributed by atoms with Gasteiger partial charge in [-0.1, -0.05) is 58.8 Å². The van der Waals surface area contributed by atoms with Crippen LogP contribution >= 0.6 is 27.3 Å². The summed E-state index contributed by atoms with van der Waals surface area (Å²) in [7, 11) is -1.04. The highest BCUT2D eigenvalue weighted by molar-refractivity contribution is 9.10. The van der Waals surface area contributed by atoms with E-state index in [9.17, 15) is 19.7 Å². The summed E-state index contributed by atoms with van der Waals surface area (Å²) in [5.74, 6) is -0.698. The fourth-order valence-corrected chi connectivity index (χ4v) is 7.96. The van der Waals surface area contributed by atoms with E-state index in [1.807, 2.05) is 60.0 Å². The van der Waals surface area contributed by atoms with Crippen molar-refractivity contribution < 1.29 is 29.1 Å². The Balaban J connectivity index is 1.31. The molecule has 10 heteroatoms. The number of nitrogens with zero attached hydrogens (tertiary/aromatic N) is 1. The lowest BCUT2D eigenvalue weighted by molar-refractivity contribution is -0.140. The Morgan fingerprint density at radius 3 is 2.70 bits per heavy atom. The Labute approximate surface area is 270 Å². The van der Waals surface area contributed by atoms with Crippen LogP contribution in [0.3, 0.4) is 0 Å². The van der Waals surface area contributed by atoms with Crippen LogP contribution in [-0.2, 0) is 20.8 Å². The largest absolute Gasteiger partial charge is 0.507 e. The fraction of sp³-hybridized carbons (Fsp3) is 0.353. The molecule has 44 heavy (non-hydrogen) atoms. The normalized spacial score (nSPS) is 23.7. The fourth-order valence-electron chi connectivity index (χ4n) is 6.89. The van der Waals surface area contributed by atoms with E-state index in [-0.39, 0.29) is 43.0 Å². The molecule has 2 saturated heterocycles. The third-order valence-electron chi connectivity index (χ3n) is 8.98. The van der Waals surface area contributed by atoms with Crippen molar-refractivity contribution in [1.82, 2.24) is 4.90 Å². The monoisotopic (exact) mass is 675 g/mol. The zero-order valence-corrected chi connectivity index (χ0v) is 26.9. The summed E-state index contributed by atoms with van der Waals surface area (Å²) in [6.07, 6.45) is 4.30. The average molecular weight is 676 g/mol. The molecule has 0 unspecified atom stereocenters. The van der Waals surface area contributed by atoms with Crippen LogP contribution in [0, 0.1) is 17.8 Å². The zero-order chi connectivity index (χ0) is 30.8. The molecule has 0 radical (unpaired) electrons. The van der Waals surface area contributed by atoms with Crippen molar-refractivity contribution in [2.75, 3.05) is 6.61 Å². The molecule has 2 N–H and O–H groups in total. The number of amides is 2. The summed E-state index contributed by atoms with van der Waals surface area (Å²) in [5, 5.41) is 23.3. The molecule has 0 saturated carbocycles. The first-order valence-corrected chi connectivity index (χ1v) is 16.8. The number of thiophene rings is 1. The molecular formula is C34H35BBrNO6S. The number of imide groups is 1. The second-order valence-corrected chi connectivity index (χ2v) is 13.6. The van der Waals surface area contributed by atoms with Gasteiger partial charge in [0, 0.05) is 14.9 Å². The molecule has 2 amide bonds. The van der Waals surface area contributed by atoms with Crippen molar-refractivity contribution in [2.45, 2.75) is 51.6 Å². The summed E-state index contributed by atoms with van der Waals surface area (Å²) in [5.41, 5.74) is 3.83. The maximum absolute atomic E-state index is 13.9. The predicted molar refractivity (Wildman–Crippen MR) is 175 cm³/mol. The number of aromatic hydroxyl groups is 1. The molecular weight excluding hydrogens is 641 g/mol. The van der Waals surface area contributed by atoms with Crippen LogP contribution in [0.15, 0.2) is 87.2 Å². The molecule has 3 aliphatic rings. The van der Waals surface area contributed by atoms with Crippen LogP contribution in [0.25, 0.3) is 6.08 Å². The minimum absolute atomic E-state index is 0.146. The molecule has 2 fully saturated rings. The summed E-state index contributed by atoms with van der Waals surface area (Å²) in [4.78, 5) is 30.0. The molecule has 2 aromatic carbocycles. The Bertz CT molecular complexity index is 1580. The number of rotatable bonds is 10. The van der Waals surface area contributed by atoms with Crippen LogP contribution in [0.4, 0.5) is 0 Å². The summed E-state index contributed by atoms with van der Waals surface area (Å²) < 4.78 is 13.3. The number of hydrogen-bond acceptors (Lipinski definition) is 7. The maximum atomic E-state index is 13.9. The number of carbonyl (C=O) groups is 2. The lowest BCUT2D eigenvalue weighted by Gasteiger charge is -2.43. The summed E-state index contributed by atoms with van der Waals surface area (Å²) >= 11 is 5.01. The van der Waals surface area contributed by atoms with Crippen LogP contribution in [-0.4, -0.2) is 46.7 Å². The van der Waals surface area contributed by atoms with Crippen LogP contribution in [0.1, 0.15) is 43.0 Å². The Hall–Kier alpha value is -3.18. The van der Waals surface area contributed by atoms with Crippen LogP contribution < -0.4 is 4.74 Å². The molecule has 3 heterocycles. The van der Waals surface area contributed by atoms with Crippen LogP contribution in [0.2, 0.25) is 6.32 Å². The van der Waals surface area contributed by atoms with Gasteiger partial charge in [-0.3, -0.25) is 14.5 Å². The van der Waals surface area contributed by atoms with E-state index in [4.69, 9.17) is 9.39 Å². The van der Waals surface area contributed by atoms with Crippen molar-refractivity contribution in [3.05, 3.63) is 97.7 Å². The zero-order valence-electron chi connectivity index (χ0n) is 24.5. The number of carbonyl (C=O) groups excluding carboxylic acids is 2. The molecule has 3 aromatic rings. The van der Waals surface area contributed by atoms with Crippen molar-refractivity contribution in [3.8, 4) is 11.5 Å². The number of benzene rings is 2. The number of phenolic OH excluding ortho intramolecular Hbond substituents is 1. The SMILES string of the molecule is CC/C(=C\c1cc(Br)ccc1O)CC[C@H]1OB(O)C[C@H]2C1=C(COc1ccccc1)C[C@H]1C(=O)N(Cc3cccs3)C(=O)[C@H]12. The predicted octanol–water partition coefficient (Wildman–Crippen LogP) is 6.87. The number of likely N-dealkylation sites (tertiary alicyclic amines) is 1. The first kappa shape index (κ1) is 30.8. The van der Waals surface area contributed by atoms with E-state index < -0.39 is 25.1 Å². The molecule has 2 aliphatic heterocycles. The lowest BCUT2D eigenvalue weighted by atomic mass is 9.58. The minimum atomic E-state index is -1.04. The van der Waals surface area contributed by atoms with Crippen LogP contribution in [0.5, 0.6) is 11.5 Å². The van der Waals surface area contributed by atoms with E-state index >= 15 is 0 Å². The van der Waals surface area contributed by atoms with Crippen molar-refractivity contribution in [3.63, 3.8) is 0 Å². The number of ether oxygens (including phenoxy) is 1.